The molecule has 1 aromatic heterocycles. The number of hydrogen-bond donors (Lipinski definition) is 1. The number of ether oxygens (including phenoxy) is 1. The number of nitrogens with one attached hydrogen (secondary N) is 1. The summed E-state index contributed by atoms with van der Waals surface area (Å²) in [5.74, 6) is -3.79. The summed E-state index contributed by atoms with van der Waals surface area (Å²) in [7, 11) is 0. The maximum Gasteiger partial charge on any atom is 0.338 e. The molecule has 2 aliphatic heterocycles. The number of hydrogen-bond acceptors (Lipinski definition) is 9. The van der Waals surface area contributed by atoms with E-state index in [1.54, 1.807) is 19.1 Å². The first kappa shape index (κ1) is 33.2. The number of esters is 1. The van der Waals surface area contributed by atoms with Crippen LogP contribution in [0.25, 0.3) is 0 Å². The lowest BCUT2D eigenvalue weighted by Gasteiger charge is -2.31. The molecule has 1 saturated heterocycles. The Bertz CT molecular complexity index is 1920. The van der Waals surface area contributed by atoms with Crippen LogP contribution in [0.5, 0.6) is 0 Å². The van der Waals surface area contributed by atoms with Crippen LogP contribution < -0.4 is 20.0 Å². The molecular formula is C35H33FN4O6S2. The molecule has 248 valence electrons. The van der Waals surface area contributed by atoms with Crippen LogP contribution in [0.4, 0.5) is 21.5 Å². The van der Waals surface area contributed by atoms with Gasteiger partial charge in [-0.15, -0.1) is 0 Å². The van der Waals surface area contributed by atoms with Gasteiger partial charge in [0.2, 0.25) is 17.7 Å². The topological polar surface area (TPSA) is 118 Å². The second-order valence-corrected chi connectivity index (χ2v) is 13.4. The minimum absolute atomic E-state index is 0.239. The number of carbonyl (C=O) groups is 4. The molecule has 6 rings (SSSR count). The monoisotopic (exact) mass is 688 g/mol. The number of nitrogens with zero attached hydrogens (tertiary/aromatic N) is 3. The molecule has 3 aromatic carbocycles. The van der Waals surface area contributed by atoms with Gasteiger partial charge in [-0.25, -0.2) is 14.1 Å². The molecule has 10 nitrogen and oxygen atoms in total. The molecule has 48 heavy (non-hydrogen) atoms. The zero-order chi connectivity index (χ0) is 34.1. The maximum absolute atomic E-state index is 14.1. The highest BCUT2D eigenvalue weighted by molar-refractivity contribution is 8.00. The number of fused-ring (bicyclic) bond motifs is 2. The quantitative estimate of drug-likeness (QED) is 0.171. The number of amides is 3. The summed E-state index contributed by atoms with van der Waals surface area (Å²) >= 11 is 2.07. The van der Waals surface area contributed by atoms with E-state index in [0.29, 0.717) is 21.2 Å². The minimum atomic E-state index is -0.874. The van der Waals surface area contributed by atoms with Crippen molar-refractivity contribution in [2.75, 3.05) is 34.8 Å². The van der Waals surface area contributed by atoms with Crippen LogP contribution in [-0.4, -0.2) is 53.2 Å². The average molecular weight is 689 g/mol. The Labute approximate surface area is 284 Å². The van der Waals surface area contributed by atoms with E-state index in [4.69, 9.17) is 4.74 Å². The molecular weight excluding hydrogens is 656 g/mol. The molecule has 3 amide bonds. The number of halogens is 1. The minimum Gasteiger partial charge on any atom is -0.462 e. The summed E-state index contributed by atoms with van der Waals surface area (Å²) in [6.45, 7) is 7.38. The van der Waals surface area contributed by atoms with Crippen LogP contribution >= 0.6 is 23.1 Å². The van der Waals surface area contributed by atoms with Crippen molar-refractivity contribution in [1.82, 2.24) is 4.57 Å². The van der Waals surface area contributed by atoms with E-state index in [9.17, 15) is 28.4 Å². The van der Waals surface area contributed by atoms with Gasteiger partial charge in [-0.3, -0.25) is 23.7 Å². The number of imide groups is 1. The van der Waals surface area contributed by atoms with Crippen molar-refractivity contribution in [3.05, 3.63) is 104 Å². The molecule has 2 unspecified atom stereocenters. The zero-order valence-corrected chi connectivity index (χ0v) is 28.1. The molecule has 2 aliphatic rings. The number of aromatic nitrogens is 1. The Kier molecular flexibility index (Phi) is 9.51. The van der Waals surface area contributed by atoms with Crippen LogP contribution in [0.3, 0.4) is 0 Å². The lowest BCUT2D eigenvalue weighted by atomic mass is 9.83. The Morgan fingerprint density at radius 3 is 2.19 bits per heavy atom. The van der Waals surface area contributed by atoms with Gasteiger partial charge in [-0.05, 0) is 87.0 Å². The molecule has 3 heterocycles. The van der Waals surface area contributed by atoms with E-state index in [1.807, 2.05) is 24.3 Å². The van der Waals surface area contributed by atoms with Crippen LogP contribution in [0, 0.1) is 11.7 Å². The molecule has 13 heteroatoms. The number of carbonyl (C=O) groups excluding carboxylic acids is 4. The summed E-state index contributed by atoms with van der Waals surface area (Å²) in [6.07, 6.45) is 0. The first-order valence-electron chi connectivity index (χ1n) is 15.6. The van der Waals surface area contributed by atoms with Gasteiger partial charge < -0.3 is 15.0 Å². The van der Waals surface area contributed by atoms with Gasteiger partial charge in [-0.1, -0.05) is 35.2 Å². The molecule has 1 fully saturated rings. The highest BCUT2D eigenvalue weighted by Gasteiger charge is 2.56. The van der Waals surface area contributed by atoms with Gasteiger partial charge in [0.25, 0.3) is 0 Å². The van der Waals surface area contributed by atoms with E-state index in [1.165, 1.54) is 41.0 Å². The Morgan fingerprint density at radius 1 is 0.896 bits per heavy atom. The summed E-state index contributed by atoms with van der Waals surface area (Å²) in [5, 5.41) is 2.34. The lowest BCUT2D eigenvalue weighted by molar-refractivity contribution is -0.122. The Morgan fingerprint density at radius 2 is 1.56 bits per heavy atom. The lowest BCUT2D eigenvalue weighted by Crippen LogP contribution is -2.33. The number of thiazole rings is 1. The molecule has 0 saturated carbocycles. The van der Waals surface area contributed by atoms with Crippen LogP contribution in [-0.2, 0) is 25.7 Å². The van der Waals surface area contributed by atoms with Crippen LogP contribution in [0.15, 0.2) is 82.6 Å². The Balaban J connectivity index is 1.35. The van der Waals surface area contributed by atoms with Crippen LogP contribution in [0.2, 0.25) is 0 Å². The van der Waals surface area contributed by atoms with E-state index in [-0.39, 0.29) is 23.7 Å². The van der Waals surface area contributed by atoms with E-state index in [2.05, 4.69) is 24.1 Å². The SMILES string of the molecule is CCOC(=O)c1ccc(NC(=O)Cn2c3c(sc2=O)[C@H](c2ccc(N(CC)CC)cc2)C2C(=O)N(c4ccc(F)cc4)C(=O)C2S3)cc1. The molecule has 0 bridgehead atoms. The molecule has 0 aliphatic carbocycles. The van der Waals surface area contributed by atoms with Crippen molar-refractivity contribution in [1.29, 1.82) is 0 Å². The van der Waals surface area contributed by atoms with Crippen molar-refractivity contribution < 1.29 is 28.3 Å². The van der Waals surface area contributed by atoms with Gasteiger partial charge in [0, 0.05) is 35.3 Å². The first-order valence-corrected chi connectivity index (χ1v) is 17.3. The summed E-state index contributed by atoms with van der Waals surface area (Å²) < 4.78 is 20.1. The summed E-state index contributed by atoms with van der Waals surface area (Å²) in [4.78, 5) is 70.2. The van der Waals surface area contributed by atoms with Crippen molar-refractivity contribution in [3.63, 3.8) is 0 Å². The zero-order valence-electron chi connectivity index (χ0n) is 26.5. The number of anilines is 3. The normalized spacial score (nSPS) is 18.3. The van der Waals surface area contributed by atoms with Crippen molar-refractivity contribution in [3.8, 4) is 0 Å². The smallest absolute Gasteiger partial charge is 0.338 e. The van der Waals surface area contributed by atoms with E-state index >= 15 is 0 Å². The van der Waals surface area contributed by atoms with Gasteiger partial charge in [0.15, 0.2) is 0 Å². The largest absolute Gasteiger partial charge is 0.462 e. The second-order valence-electron chi connectivity index (χ2n) is 11.3. The van der Waals surface area contributed by atoms with Gasteiger partial charge in [0.05, 0.1) is 28.8 Å². The standard InChI is InChI=1S/C35H33FN4O6S2/c1-4-38(5-2)24-15-9-20(10-16-24)27-28-29(32(43)40(31(28)42)25-17-11-22(36)12-18-25)47-33-30(27)48-35(45)39(33)19-26(41)37-23-13-7-21(8-14-23)34(44)46-6-3/h7-18,27-29H,4-6,19H2,1-3H3,(H,37,41)/t27-,28?,29?/m1/s1. The number of rotatable bonds is 10. The summed E-state index contributed by atoms with van der Waals surface area (Å²) in [5.41, 5.74) is 2.81. The number of benzene rings is 3. The van der Waals surface area contributed by atoms with Gasteiger partial charge in [0.1, 0.15) is 17.6 Å². The number of thioether (sulfide) groups is 1. The van der Waals surface area contributed by atoms with Crippen molar-refractivity contribution in [2.24, 2.45) is 5.92 Å². The molecule has 0 spiro atoms. The molecule has 1 N–H and O–H groups in total. The fraction of sp³-hybridized carbons (Fsp3) is 0.286. The van der Waals surface area contributed by atoms with Crippen molar-refractivity contribution in [2.45, 2.75) is 43.5 Å². The predicted octanol–water partition coefficient (Wildman–Crippen LogP) is 5.51. The summed E-state index contributed by atoms with van der Waals surface area (Å²) in [6, 6.07) is 19.2. The van der Waals surface area contributed by atoms with Crippen molar-refractivity contribution >= 4 is 63.9 Å². The molecule has 0 radical (unpaired) electrons. The molecule has 4 aromatic rings. The highest BCUT2D eigenvalue weighted by atomic mass is 32.2. The fourth-order valence-electron chi connectivity index (χ4n) is 6.19. The predicted molar refractivity (Wildman–Crippen MR) is 183 cm³/mol. The van der Waals surface area contributed by atoms with Gasteiger partial charge in [-0.2, -0.15) is 0 Å². The fourth-order valence-corrected chi connectivity index (χ4v) is 8.96. The Hall–Kier alpha value is -4.75. The van der Waals surface area contributed by atoms with E-state index in [0.717, 1.165) is 52.3 Å². The maximum atomic E-state index is 14.1. The third kappa shape index (κ3) is 6.15. The average Bonchev–Trinajstić information content (AvgIpc) is 3.52. The van der Waals surface area contributed by atoms with E-state index < -0.39 is 46.6 Å². The highest BCUT2D eigenvalue weighted by Crippen LogP contribution is 2.54. The second kappa shape index (κ2) is 13.8. The van der Waals surface area contributed by atoms with Crippen LogP contribution in [0.1, 0.15) is 47.5 Å². The third-order valence-electron chi connectivity index (χ3n) is 8.50. The molecule has 3 atom stereocenters. The third-order valence-corrected chi connectivity index (χ3v) is 11.1. The first-order chi connectivity index (χ1) is 23.1. The van der Waals surface area contributed by atoms with Gasteiger partial charge >= 0.3 is 10.8 Å².